The molecule has 19 heteroatoms. The van der Waals surface area contributed by atoms with Crippen LogP contribution in [0.3, 0.4) is 0 Å². The number of rotatable bonds is 15. The van der Waals surface area contributed by atoms with Gasteiger partial charge >= 0.3 is 25.4 Å². The number of aliphatic hydroxyl groups excluding tert-OH is 2. The number of nitrogens with zero attached hydrogens (tertiary/aromatic N) is 5. The van der Waals surface area contributed by atoms with Gasteiger partial charge in [-0.05, 0) is 44.0 Å². The molecule has 2 heterocycles. The maximum Gasteiger partial charge on any atom is 0.459 e. The Morgan fingerprint density at radius 3 is 2.58 bits per heavy atom. The minimum absolute atomic E-state index is 0.0227. The highest BCUT2D eigenvalue weighted by atomic mass is 31.2. The first-order valence-corrected chi connectivity index (χ1v) is 14.6. The summed E-state index contributed by atoms with van der Waals surface area (Å²) in [7, 11) is -4.68. The van der Waals surface area contributed by atoms with E-state index >= 15 is 0 Å². The van der Waals surface area contributed by atoms with E-state index in [4.69, 9.17) is 29.0 Å². The molecule has 1 aliphatic rings. The van der Waals surface area contributed by atoms with Gasteiger partial charge in [0.25, 0.3) is 0 Å². The first-order valence-electron chi connectivity index (χ1n) is 13.0. The van der Waals surface area contributed by atoms with Crippen LogP contribution < -0.4 is 21.0 Å². The minimum Gasteiger partial charge on any atom is -0.466 e. The van der Waals surface area contributed by atoms with E-state index in [1.807, 2.05) is 0 Å². The number of nitrogens with one attached hydrogen (secondary N) is 1. The van der Waals surface area contributed by atoms with Crippen LogP contribution in [0.2, 0.25) is 0 Å². The van der Waals surface area contributed by atoms with Crippen molar-refractivity contribution >= 4 is 25.5 Å². The SMILES string of the molecule is CCOC(=O)CC[C@H](NP(=O)(OCC1(N=[N+]=[N-])O[C@@H](n2ccc(N)nc2=O)[C@H](O)[C@@H]1O)Oc1ccccc1)C(=O)OCC. The first kappa shape index (κ1) is 33.5. The molecule has 6 atom stereocenters. The second-order valence-electron chi connectivity index (χ2n) is 8.97. The zero-order valence-corrected chi connectivity index (χ0v) is 24.1. The Morgan fingerprint density at radius 2 is 1.95 bits per heavy atom. The first-order chi connectivity index (χ1) is 20.5. The van der Waals surface area contributed by atoms with Gasteiger partial charge in [0.1, 0.15) is 29.8 Å². The summed E-state index contributed by atoms with van der Waals surface area (Å²) < 4.78 is 41.6. The van der Waals surface area contributed by atoms with Crippen LogP contribution in [0.15, 0.2) is 52.5 Å². The van der Waals surface area contributed by atoms with Crippen LogP contribution in [0.4, 0.5) is 5.82 Å². The minimum atomic E-state index is -4.68. The fourth-order valence-corrected chi connectivity index (χ4v) is 5.52. The Bertz CT molecular complexity index is 1420. The molecule has 1 aromatic carbocycles. The zero-order chi connectivity index (χ0) is 31.6. The van der Waals surface area contributed by atoms with Crippen molar-refractivity contribution in [3.8, 4) is 5.75 Å². The summed E-state index contributed by atoms with van der Waals surface area (Å²) in [5, 5.41) is 27.5. The molecule has 0 aliphatic carbocycles. The molecule has 1 saturated heterocycles. The Kier molecular flexibility index (Phi) is 11.6. The molecule has 5 N–H and O–H groups in total. The summed E-state index contributed by atoms with van der Waals surface area (Å²) in [6.07, 6.45) is -4.89. The molecule has 18 nitrogen and oxygen atoms in total. The normalized spacial score (nSPS) is 23.4. The number of para-hydroxylation sites is 1. The largest absolute Gasteiger partial charge is 0.466 e. The summed E-state index contributed by atoms with van der Waals surface area (Å²) in [5.74, 6) is -1.62. The van der Waals surface area contributed by atoms with Crippen molar-refractivity contribution in [3.63, 3.8) is 0 Å². The lowest BCUT2D eigenvalue weighted by molar-refractivity contribution is -0.146. The molecule has 43 heavy (non-hydrogen) atoms. The van der Waals surface area contributed by atoms with Crippen LogP contribution in [-0.2, 0) is 32.9 Å². The van der Waals surface area contributed by atoms with Gasteiger partial charge in [0, 0.05) is 17.5 Å². The van der Waals surface area contributed by atoms with E-state index in [0.717, 1.165) is 10.8 Å². The molecule has 1 aliphatic heterocycles. The fourth-order valence-electron chi connectivity index (χ4n) is 3.97. The molecule has 234 valence electrons. The van der Waals surface area contributed by atoms with Gasteiger partial charge in [0.15, 0.2) is 6.23 Å². The van der Waals surface area contributed by atoms with Gasteiger partial charge in [-0.25, -0.2) is 9.36 Å². The van der Waals surface area contributed by atoms with Gasteiger partial charge in [-0.3, -0.25) is 18.7 Å². The van der Waals surface area contributed by atoms with Crippen LogP contribution >= 0.6 is 7.75 Å². The maximum atomic E-state index is 14.1. The van der Waals surface area contributed by atoms with E-state index in [-0.39, 0.29) is 37.6 Å². The van der Waals surface area contributed by atoms with Gasteiger partial charge in [0.05, 0.1) is 19.8 Å². The third kappa shape index (κ3) is 8.52. The number of aromatic nitrogens is 2. The van der Waals surface area contributed by atoms with Crippen molar-refractivity contribution in [2.75, 3.05) is 25.6 Å². The quantitative estimate of drug-likeness (QED) is 0.0712. The molecule has 1 fully saturated rings. The maximum absolute atomic E-state index is 14.1. The molecule has 2 unspecified atom stereocenters. The van der Waals surface area contributed by atoms with Crippen molar-refractivity contribution in [1.82, 2.24) is 14.6 Å². The highest BCUT2D eigenvalue weighted by molar-refractivity contribution is 7.52. The van der Waals surface area contributed by atoms with E-state index in [2.05, 4.69) is 20.1 Å². The van der Waals surface area contributed by atoms with E-state index in [1.165, 1.54) is 18.2 Å². The van der Waals surface area contributed by atoms with Gasteiger partial charge in [-0.1, -0.05) is 23.3 Å². The lowest BCUT2D eigenvalue weighted by atomic mass is 10.1. The van der Waals surface area contributed by atoms with Gasteiger partial charge in [-0.2, -0.15) is 10.1 Å². The topological polar surface area (TPSA) is 260 Å². The molecule has 0 spiro atoms. The molecule has 2 aromatic rings. The molecule has 0 radical (unpaired) electrons. The Hall–Kier alpha value is -4.02. The fraction of sp³-hybridized carbons (Fsp3) is 0.500. The molecule has 0 saturated carbocycles. The van der Waals surface area contributed by atoms with Crippen LogP contribution in [0, 0.1) is 0 Å². The number of carbonyl (C=O) groups excluding carboxylic acids is 2. The van der Waals surface area contributed by atoms with Crippen LogP contribution in [0.1, 0.15) is 32.9 Å². The molecule has 0 amide bonds. The Labute approximate surface area is 244 Å². The second-order valence-corrected chi connectivity index (χ2v) is 10.7. The molecule has 0 bridgehead atoms. The van der Waals surface area contributed by atoms with Crippen molar-refractivity contribution in [2.45, 2.75) is 56.9 Å². The number of azide groups is 1. The van der Waals surface area contributed by atoms with Gasteiger partial charge in [-0.15, -0.1) is 0 Å². The van der Waals surface area contributed by atoms with E-state index in [1.54, 1.807) is 32.0 Å². The molecule has 3 rings (SSSR count). The van der Waals surface area contributed by atoms with E-state index < -0.39 is 62.2 Å². The highest BCUT2D eigenvalue weighted by Crippen LogP contribution is 2.48. The average Bonchev–Trinajstić information content (AvgIpc) is 3.20. The highest BCUT2D eigenvalue weighted by Gasteiger charge is 2.56. The lowest BCUT2D eigenvalue weighted by Crippen LogP contribution is -2.46. The Balaban J connectivity index is 1.94. The smallest absolute Gasteiger partial charge is 0.459 e. The predicted molar refractivity (Wildman–Crippen MR) is 147 cm³/mol. The number of hydrogen-bond donors (Lipinski definition) is 4. The summed E-state index contributed by atoms with van der Waals surface area (Å²) in [4.78, 5) is 43.3. The van der Waals surface area contributed by atoms with Gasteiger partial charge < -0.3 is 34.7 Å². The van der Waals surface area contributed by atoms with Crippen molar-refractivity contribution < 1.29 is 47.6 Å². The number of anilines is 1. The molecular weight excluding hydrogens is 593 g/mol. The number of hydrogen-bond acceptors (Lipinski definition) is 14. The number of benzene rings is 1. The van der Waals surface area contributed by atoms with Crippen molar-refractivity contribution in [2.24, 2.45) is 5.11 Å². The average molecular weight is 626 g/mol. The van der Waals surface area contributed by atoms with Crippen molar-refractivity contribution in [3.05, 3.63) is 63.5 Å². The summed E-state index contributed by atoms with van der Waals surface area (Å²) in [6, 6.07) is 7.46. The van der Waals surface area contributed by atoms with Crippen molar-refractivity contribution in [1.29, 1.82) is 0 Å². The molecule has 1 aromatic heterocycles. The van der Waals surface area contributed by atoms with Crippen LogP contribution in [0.5, 0.6) is 5.75 Å². The number of esters is 2. The molecular formula is C24H32N7O11P. The number of nitrogen functional groups attached to an aromatic ring is 1. The van der Waals surface area contributed by atoms with E-state index in [0.29, 0.717) is 0 Å². The number of nitrogens with two attached hydrogens (primary N) is 1. The monoisotopic (exact) mass is 625 g/mol. The zero-order valence-electron chi connectivity index (χ0n) is 23.2. The summed E-state index contributed by atoms with van der Waals surface area (Å²) in [5.41, 5.74) is 11.4. The number of ether oxygens (including phenoxy) is 3. The van der Waals surface area contributed by atoms with Crippen LogP contribution in [-0.4, -0.2) is 75.5 Å². The third-order valence-electron chi connectivity index (χ3n) is 5.98. The van der Waals surface area contributed by atoms with Gasteiger partial charge in [0.2, 0.25) is 5.72 Å². The van der Waals surface area contributed by atoms with E-state index in [9.17, 15) is 34.7 Å². The second kappa shape index (κ2) is 14.9. The Morgan fingerprint density at radius 1 is 1.26 bits per heavy atom. The lowest BCUT2D eigenvalue weighted by Gasteiger charge is -2.30. The summed E-state index contributed by atoms with van der Waals surface area (Å²) >= 11 is 0. The standard InChI is InChI=1S/C24H32N7O11P/c1-3-38-18(32)11-10-16(22(35)39-4-2)28-43(37,42-15-8-6-5-7-9-15)40-14-24(29-30-26)20(34)19(33)21(41-24)31-13-12-17(25)27-23(31)36/h5-9,12-13,16,19-21,33-34H,3-4,10-11,14H2,1-2H3,(H,28,37)(H2,25,27,36)/t16-,19+,20-,21+,24?,43?/m0/s1. The number of aliphatic hydroxyl groups is 2. The van der Waals surface area contributed by atoms with Crippen LogP contribution in [0.25, 0.3) is 10.4 Å². The summed E-state index contributed by atoms with van der Waals surface area (Å²) in [6.45, 7) is 2.19. The number of carbonyl (C=O) groups is 2. The predicted octanol–water partition coefficient (Wildman–Crippen LogP) is 1.15. The third-order valence-corrected chi connectivity index (χ3v) is 7.53.